The van der Waals surface area contributed by atoms with Gasteiger partial charge in [-0.05, 0) is 24.1 Å². The molecule has 0 aliphatic carbocycles. The van der Waals surface area contributed by atoms with Gasteiger partial charge < -0.3 is 10.5 Å². The fourth-order valence-electron chi connectivity index (χ4n) is 1.68. The summed E-state index contributed by atoms with van der Waals surface area (Å²) in [6.07, 6.45) is 0. The van der Waals surface area contributed by atoms with E-state index in [0.29, 0.717) is 0 Å². The molecule has 0 bridgehead atoms. The van der Waals surface area contributed by atoms with Gasteiger partial charge >= 0.3 is 0 Å². The van der Waals surface area contributed by atoms with Crippen LogP contribution in [0.2, 0.25) is 0 Å². The number of nitrogens with one attached hydrogen (secondary N) is 1. The Morgan fingerprint density at radius 1 is 1.40 bits per heavy atom. The standard InChI is InChI=1S/C13H21FN2O3S/c1-9(2)13(8-19-3)16-20(17,18)11-4-5-12(14)10(6-11)7-15/h4-6,9,13,16H,7-8,15H2,1-3H3. The Balaban J connectivity index is 3.04. The average Bonchev–Trinajstić information content (AvgIpc) is 2.38. The summed E-state index contributed by atoms with van der Waals surface area (Å²) in [5, 5.41) is 0. The number of hydrogen-bond donors (Lipinski definition) is 2. The Kier molecular flexibility index (Phi) is 6.07. The van der Waals surface area contributed by atoms with E-state index in [4.69, 9.17) is 10.5 Å². The van der Waals surface area contributed by atoms with E-state index >= 15 is 0 Å². The highest BCUT2D eigenvalue weighted by molar-refractivity contribution is 7.89. The van der Waals surface area contributed by atoms with E-state index in [9.17, 15) is 12.8 Å². The lowest BCUT2D eigenvalue weighted by atomic mass is 10.1. The van der Waals surface area contributed by atoms with Crippen molar-refractivity contribution in [2.45, 2.75) is 31.3 Å². The summed E-state index contributed by atoms with van der Waals surface area (Å²) < 4.78 is 45.5. The van der Waals surface area contributed by atoms with E-state index in [1.54, 1.807) is 0 Å². The van der Waals surface area contributed by atoms with Crippen LogP contribution in [-0.2, 0) is 21.3 Å². The van der Waals surface area contributed by atoms with Crippen LogP contribution in [0.25, 0.3) is 0 Å². The lowest BCUT2D eigenvalue weighted by Crippen LogP contribution is -2.41. The van der Waals surface area contributed by atoms with E-state index in [2.05, 4.69) is 4.72 Å². The number of methoxy groups -OCH3 is 1. The zero-order chi connectivity index (χ0) is 15.3. The number of rotatable bonds is 7. The van der Waals surface area contributed by atoms with E-state index in [1.165, 1.54) is 19.2 Å². The van der Waals surface area contributed by atoms with Crippen molar-refractivity contribution >= 4 is 10.0 Å². The van der Waals surface area contributed by atoms with Gasteiger partial charge in [0.15, 0.2) is 0 Å². The quantitative estimate of drug-likeness (QED) is 0.794. The largest absolute Gasteiger partial charge is 0.383 e. The molecule has 1 aromatic carbocycles. The maximum Gasteiger partial charge on any atom is 0.240 e. The van der Waals surface area contributed by atoms with Crippen molar-refractivity contribution in [1.82, 2.24) is 4.72 Å². The number of ether oxygens (including phenoxy) is 1. The predicted molar refractivity (Wildman–Crippen MR) is 75.1 cm³/mol. The maximum absolute atomic E-state index is 13.4. The van der Waals surface area contributed by atoms with Crippen LogP contribution in [0, 0.1) is 11.7 Å². The molecule has 0 aliphatic heterocycles. The summed E-state index contributed by atoms with van der Waals surface area (Å²) in [5.74, 6) is -0.442. The SMILES string of the molecule is COCC(NS(=O)(=O)c1ccc(F)c(CN)c1)C(C)C. The zero-order valence-electron chi connectivity index (χ0n) is 11.9. The highest BCUT2D eigenvalue weighted by atomic mass is 32.2. The van der Waals surface area contributed by atoms with Crippen LogP contribution < -0.4 is 10.5 Å². The molecule has 1 rings (SSSR count). The first-order chi connectivity index (χ1) is 9.31. The van der Waals surface area contributed by atoms with Crippen LogP contribution in [0.5, 0.6) is 0 Å². The fraction of sp³-hybridized carbons (Fsp3) is 0.538. The first-order valence-corrected chi connectivity index (χ1v) is 7.80. The second kappa shape index (κ2) is 7.12. The molecule has 1 atom stereocenters. The summed E-state index contributed by atoms with van der Waals surface area (Å²) in [6, 6.07) is 3.23. The van der Waals surface area contributed by atoms with Crippen molar-refractivity contribution in [3.05, 3.63) is 29.6 Å². The Labute approximate surface area is 119 Å². The van der Waals surface area contributed by atoms with Gasteiger partial charge in [0.05, 0.1) is 11.5 Å². The molecular formula is C13H21FN2O3S. The molecule has 0 saturated heterocycles. The van der Waals surface area contributed by atoms with Crippen LogP contribution >= 0.6 is 0 Å². The van der Waals surface area contributed by atoms with E-state index in [-0.39, 0.29) is 35.6 Å². The molecule has 0 aliphatic rings. The second-order valence-electron chi connectivity index (χ2n) is 4.88. The molecule has 7 heteroatoms. The Morgan fingerprint density at radius 2 is 2.05 bits per heavy atom. The highest BCUT2D eigenvalue weighted by Crippen LogP contribution is 2.16. The number of benzene rings is 1. The number of halogens is 1. The van der Waals surface area contributed by atoms with Crippen molar-refractivity contribution in [2.24, 2.45) is 11.7 Å². The molecule has 20 heavy (non-hydrogen) atoms. The fourth-order valence-corrected chi connectivity index (χ4v) is 3.10. The van der Waals surface area contributed by atoms with Crippen LogP contribution in [0.4, 0.5) is 4.39 Å². The molecule has 0 heterocycles. The first-order valence-electron chi connectivity index (χ1n) is 6.31. The lowest BCUT2D eigenvalue weighted by Gasteiger charge is -2.21. The smallest absolute Gasteiger partial charge is 0.240 e. The van der Waals surface area contributed by atoms with Crippen molar-refractivity contribution in [2.75, 3.05) is 13.7 Å². The molecule has 0 saturated carbocycles. The van der Waals surface area contributed by atoms with Gasteiger partial charge in [-0.15, -0.1) is 0 Å². The van der Waals surface area contributed by atoms with Gasteiger partial charge in [-0.1, -0.05) is 13.8 Å². The van der Waals surface area contributed by atoms with Crippen LogP contribution in [0.15, 0.2) is 23.1 Å². The minimum Gasteiger partial charge on any atom is -0.383 e. The Bertz CT molecular complexity index is 547. The van der Waals surface area contributed by atoms with Crippen molar-refractivity contribution in [3.8, 4) is 0 Å². The molecule has 0 fully saturated rings. The molecular weight excluding hydrogens is 283 g/mol. The van der Waals surface area contributed by atoms with Gasteiger partial charge in [0.1, 0.15) is 5.82 Å². The summed E-state index contributed by atoms with van der Waals surface area (Å²) in [4.78, 5) is 0.00102. The van der Waals surface area contributed by atoms with Crippen LogP contribution in [-0.4, -0.2) is 28.2 Å². The second-order valence-corrected chi connectivity index (χ2v) is 6.60. The van der Waals surface area contributed by atoms with Crippen LogP contribution in [0.3, 0.4) is 0 Å². The summed E-state index contributed by atoms with van der Waals surface area (Å²) >= 11 is 0. The zero-order valence-corrected chi connectivity index (χ0v) is 12.7. The maximum atomic E-state index is 13.4. The molecule has 1 unspecified atom stereocenters. The number of nitrogens with two attached hydrogens (primary N) is 1. The Hall–Kier alpha value is -1.02. The topological polar surface area (TPSA) is 81.4 Å². The van der Waals surface area contributed by atoms with Crippen molar-refractivity contribution in [1.29, 1.82) is 0 Å². The lowest BCUT2D eigenvalue weighted by molar-refractivity contribution is 0.157. The highest BCUT2D eigenvalue weighted by Gasteiger charge is 2.23. The van der Waals surface area contributed by atoms with Gasteiger partial charge in [0.25, 0.3) is 0 Å². The summed E-state index contributed by atoms with van der Waals surface area (Å²) in [7, 11) is -2.22. The minimum absolute atomic E-state index is 0.00102. The van der Waals surface area contributed by atoms with Gasteiger partial charge in [0, 0.05) is 25.3 Å². The molecule has 0 aromatic heterocycles. The number of hydrogen-bond acceptors (Lipinski definition) is 4. The third-order valence-electron chi connectivity index (χ3n) is 3.00. The van der Waals surface area contributed by atoms with Crippen molar-refractivity contribution < 1.29 is 17.5 Å². The Morgan fingerprint density at radius 3 is 2.55 bits per heavy atom. The molecule has 0 radical (unpaired) electrons. The average molecular weight is 304 g/mol. The molecule has 1 aromatic rings. The molecule has 3 N–H and O–H groups in total. The molecule has 5 nitrogen and oxygen atoms in total. The van der Waals surface area contributed by atoms with Gasteiger partial charge in [-0.25, -0.2) is 17.5 Å². The van der Waals surface area contributed by atoms with Gasteiger partial charge in [-0.2, -0.15) is 0 Å². The summed E-state index contributed by atoms with van der Waals surface area (Å²) in [6.45, 7) is 3.99. The van der Waals surface area contributed by atoms with Gasteiger partial charge in [-0.3, -0.25) is 0 Å². The molecule has 0 amide bonds. The van der Waals surface area contributed by atoms with Crippen LogP contribution in [0.1, 0.15) is 19.4 Å². The first kappa shape index (κ1) is 17.0. The third kappa shape index (κ3) is 4.24. The molecule has 114 valence electrons. The normalized spacial score (nSPS) is 13.7. The van der Waals surface area contributed by atoms with Crippen molar-refractivity contribution in [3.63, 3.8) is 0 Å². The van der Waals surface area contributed by atoms with E-state index in [0.717, 1.165) is 6.07 Å². The number of sulfonamides is 1. The molecule has 0 spiro atoms. The van der Waals surface area contributed by atoms with E-state index in [1.807, 2.05) is 13.8 Å². The predicted octanol–water partition coefficient (Wildman–Crippen LogP) is 1.23. The van der Waals surface area contributed by atoms with Gasteiger partial charge in [0.2, 0.25) is 10.0 Å². The monoisotopic (exact) mass is 304 g/mol. The summed E-state index contributed by atoms with van der Waals surface area (Å²) in [5.41, 5.74) is 5.55. The minimum atomic E-state index is -3.73. The van der Waals surface area contributed by atoms with E-state index < -0.39 is 15.8 Å². The third-order valence-corrected chi connectivity index (χ3v) is 4.49.